The van der Waals surface area contributed by atoms with Crippen molar-refractivity contribution >= 4 is 0 Å². The topological polar surface area (TPSA) is 40.5 Å². The summed E-state index contributed by atoms with van der Waals surface area (Å²) in [7, 11) is 0. The van der Waals surface area contributed by atoms with Crippen LogP contribution in [0.25, 0.3) is 0 Å². The summed E-state index contributed by atoms with van der Waals surface area (Å²) in [5.41, 5.74) is 9.90. The van der Waals surface area contributed by atoms with Crippen molar-refractivity contribution in [3.63, 3.8) is 0 Å². The van der Waals surface area contributed by atoms with E-state index in [4.69, 9.17) is 0 Å². The average molecular weight is 369 g/mol. The van der Waals surface area contributed by atoms with E-state index in [2.05, 4.69) is 47.6 Å². The average Bonchev–Trinajstić information content (AvgIpc) is 2.54. The molecule has 0 spiro atoms. The van der Waals surface area contributed by atoms with Gasteiger partial charge in [0.15, 0.2) is 0 Å². The van der Waals surface area contributed by atoms with E-state index in [1.54, 1.807) is 0 Å². The van der Waals surface area contributed by atoms with Crippen molar-refractivity contribution in [2.24, 2.45) is 0 Å². The molecule has 0 radical (unpaired) electrons. The van der Waals surface area contributed by atoms with Gasteiger partial charge in [-0.05, 0) is 109 Å². The Morgan fingerprint density at radius 1 is 0.778 bits per heavy atom. The first-order chi connectivity index (χ1) is 12.3. The molecule has 0 heterocycles. The van der Waals surface area contributed by atoms with Crippen LogP contribution in [0.1, 0.15) is 83.7 Å². The van der Waals surface area contributed by atoms with E-state index in [1.165, 1.54) is 27.8 Å². The second-order valence-corrected chi connectivity index (χ2v) is 9.19. The van der Waals surface area contributed by atoms with Crippen molar-refractivity contribution in [2.45, 2.75) is 87.0 Å². The van der Waals surface area contributed by atoms with Crippen LogP contribution in [0.15, 0.2) is 6.07 Å². The molecule has 27 heavy (non-hydrogen) atoms. The maximum absolute atomic E-state index is 10.8. The summed E-state index contributed by atoms with van der Waals surface area (Å²) < 4.78 is 0. The van der Waals surface area contributed by atoms with Gasteiger partial charge in [-0.3, -0.25) is 0 Å². The second kappa shape index (κ2) is 7.22. The molecule has 2 heteroatoms. The molecule has 0 unspecified atom stereocenters. The quantitative estimate of drug-likeness (QED) is 0.639. The van der Waals surface area contributed by atoms with Crippen molar-refractivity contribution in [2.75, 3.05) is 0 Å². The Kier molecular flexibility index (Phi) is 5.71. The highest BCUT2D eigenvalue weighted by Gasteiger charge is 2.30. The molecule has 0 aliphatic carbocycles. The molecule has 148 valence electrons. The minimum atomic E-state index is -0.162. The third-order valence-electron chi connectivity index (χ3n) is 6.23. The smallest absolute Gasteiger partial charge is 0.121 e. The Labute approximate surface area is 165 Å². The summed E-state index contributed by atoms with van der Waals surface area (Å²) in [6.07, 6.45) is 0.822. The number of hydrogen-bond acceptors (Lipinski definition) is 2. The van der Waals surface area contributed by atoms with Crippen LogP contribution in [0.4, 0.5) is 0 Å². The number of phenols is 2. The highest BCUT2D eigenvalue weighted by molar-refractivity contribution is 5.57. The molecular formula is C25H36O2. The maximum Gasteiger partial charge on any atom is 0.121 e. The molecule has 0 saturated heterocycles. The van der Waals surface area contributed by atoms with Crippen molar-refractivity contribution in [1.29, 1.82) is 0 Å². The van der Waals surface area contributed by atoms with E-state index in [0.29, 0.717) is 17.4 Å². The van der Waals surface area contributed by atoms with Crippen LogP contribution in [0.3, 0.4) is 0 Å². The van der Waals surface area contributed by atoms with Crippen LogP contribution >= 0.6 is 0 Å². The zero-order valence-corrected chi connectivity index (χ0v) is 18.8. The van der Waals surface area contributed by atoms with E-state index in [-0.39, 0.29) is 5.41 Å². The summed E-state index contributed by atoms with van der Waals surface area (Å²) in [6.45, 7) is 21.2. The van der Waals surface area contributed by atoms with E-state index >= 15 is 0 Å². The van der Waals surface area contributed by atoms with Gasteiger partial charge in [0, 0.05) is 0 Å². The largest absolute Gasteiger partial charge is 0.507 e. The number of hydrogen-bond donors (Lipinski definition) is 2. The first-order valence-electron chi connectivity index (χ1n) is 9.93. The molecule has 0 bridgehead atoms. The van der Waals surface area contributed by atoms with Crippen LogP contribution in [0, 0.1) is 41.5 Å². The van der Waals surface area contributed by atoms with Crippen LogP contribution in [-0.2, 0) is 11.8 Å². The Morgan fingerprint density at radius 2 is 1.33 bits per heavy atom. The van der Waals surface area contributed by atoms with Crippen molar-refractivity contribution in [3.8, 4) is 11.5 Å². The fraction of sp³-hybridized carbons (Fsp3) is 0.520. The monoisotopic (exact) mass is 368 g/mol. The molecule has 2 N–H and O–H groups in total. The fourth-order valence-corrected chi connectivity index (χ4v) is 5.15. The lowest BCUT2D eigenvalue weighted by atomic mass is 9.72. The van der Waals surface area contributed by atoms with E-state index in [0.717, 1.165) is 28.7 Å². The Hall–Kier alpha value is -1.96. The lowest BCUT2D eigenvalue weighted by Gasteiger charge is -2.32. The van der Waals surface area contributed by atoms with Crippen LogP contribution in [-0.4, -0.2) is 10.2 Å². The minimum Gasteiger partial charge on any atom is -0.507 e. The van der Waals surface area contributed by atoms with E-state index < -0.39 is 0 Å². The van der Waals surface area contributed by atoms with Gasteiger partial charge in [0.1, 0.15) is 11.5 Å². The van der Waals surface area contributed by atoms with Gasteiger partial charge in [-0.15, -0.1) is 0 Å². The van der Waals surface area contributed by atoms with E-state index in [1.807, 2.05) is 27.7 Å². The lowest BCUT2D eigenvalue weighted by molar-refractivity contribution is 0.451. The van der Waals surface area contributed by atoms with Crippen molar-refractivity contribution < 1.29 is 10.2 Å². The van der Waals surface area contributed by atoms with Gasteiger partial charge in [0.2, 0.25) is 0 Å². The maximum atomic E-state index is 10.8. The van der Waals surface area contributed by atoms with Crippen molar-refractivity contribution in [3.05, 3.63) is 56.1 Å². The number of aryl methyl sites for hydroxylation is 2. The molecule has 0 saturated carbocycles. The Morgan fingerprint density at radius 3 is 1.85 bits per heavy atom. The first kappa shape index (κ1) is 21.3. The zero-order chi connectivity index (χ0) is 20.8. The minimum absolute atomic E-state index is 0.162. The van der Waals surface area contributed by atoms with Crippen LogP contribution < -0.4 is 0 Å². The molecule has 0 aromatic heterocycles. The van der Waals surface area contributed by atoms with Crippen molar-refractivity contribution in [1.82, 2.24) is 0 Å². The summed E-state index contributed by atoms with van der Waals surface area (Å²) in [6, 6.07) is 2.07. The molecule has 0 aliphatic rings. The predicted molar refractivity (Wildman–Crippen MR) is 115 cm³/mol. The fourth-order valence-electron chi connectivity index (χ4n) is 5.15. The third-order valence-corrected chi connectivity index (χ3v) is 6.23. The number of aromatic hydroxyl groups is 2. The highest BCUT2D eigenvalue weighted by Crippen LogP contribution is 2.42. The van der Waals surface area contributed by atoms with Gasteiger partial charge in [0.25, 0.3) is 0 Å². The molecular weight excluding hydrogens is 332 g/mol. The number of phenolic OH excluding ortho intramolecular Hbond substituents is 2. The molecule has 0 aliphatic heterocycles. The van der Waals surface area contributed by atoms with Crippen LogP contribution in [0.2, 0.25) is 0 Å². The van der Waals surface area contributed by atoms with Crippen LogP contribution in [0.5, 0.6) is 11.5 Å². The molecule has 2 aromatic rings. The molecule has 2 nitrogen and oxygen atoms in total. The highest BCUT2D eigenvalue weighted by atomic mass is 16.3. The van der Waals surface area contributed by atoms with Gasteiger partial charge in [-0.2, -0.15) is 0 Å². The molecule has 0 fully saturated rings. The van der Waals surface area contributed by atoms with Gasteiger partial charge in [0.05, 0.1) is 0 Å². The molecule has 0 amide bonds. The van der Waals surface area contributed by atoms with E-state index in [9.17, 15) is 10.2 Å². The number of benzene rings is 2. The second-order valence-electron chi connectivity index (χ2n) is 9.19. The SMILES string of the molecule is Cc1cc(C)c(C(C)(C)Cc2c(C)c(O)c(C)c(C(C)C)c2C)c(C)c1O. The predicted octanol–water partition coefficient (Wildman–Crippen LogP) is 6.59. The summed E-state index contributed by atoms with van der Waals surface area (Å²) in [5.74, 6) is 1.19. The standard InChI is InChI=1S/C25H36O2/c1-13(2)21-16(5)20(17(6)24(27)18(21)7)12-25(9,10)22-14(3)11-15(4)23(26)19(22)8/h11,13,26-27H,12H2,1-10H3. The third kappa shape index (κ3) is 3.59. The van der Waals surface area contributed by atoms with Gasteiger partial charge in [-0.25, -0.2) is 0 Å². The number of rotatable bonds is 4. The zero-order valence-electron chi connectivity index (χ0n) is 18.8. The lowest BCUT2D eigenvalue weighted by Crippen LogP contribution is -2.25. The van der Waals surface area contributed by atoms with Gasteiger partial charge < -0.3 is 10.2 Å². The molecule has 0 atom stereocenters. The van der Waals surface area contributed by atoms with Gasteiger partial charge >= 0.3 is 0 Å². The first-order valence-corrected chi connectivity index (χ1v) is 9.93. The normalized spacial score (nSPS) is 12.1. The molecule has 2 rings (SSSR count). The summed E-state index contributed by atoms with van der Waals surface area (Å²) in [5, 5.41) is 21.3. The Balaban J connectivity index is 2.69. The van der Waals surface area contributed by atoms with Gasteiger partial charge in [-0.1, -0.05) is 33.8 Å². The summed E-state index contributed by atoms with van der Waals surface area (Å²) >= 11 is 0. The molecule has 2 aromatic carbocycles. The summed E-state index contributed by atoms with van der Waals surface area (Å²) in [4.78, 5) is 0. The Bertz CT molecular complexity index is 886.